The number of carbonyl (C=O) groups is 1. The second-order valence-electron chi connectivity index (χ2n) is 9.39. The Bertz CT molecular complexity index is 1290. The fourth-order valence-corrected chi connectivity index (χ4v) is 7.92. The average Bonchev–Trinajstić information content (AvgIpc) is 3.37. The van der Waals surface area contributed by atoms with Crippen LogP contribution in [0, 0.1) is 29.0 Å². The van der Waals surface area contributed by atoms with E-state index in [1.165, 1.54) is 26.7 Å². The molecule has 2 unspecified atom stereocenters. The first kappa shape index (κ1) is 34.8. The van der Waals surface area contributed by atoms with Crippen LogP contribution in [0.5, 0.6) is 11.5 Å². The third-order valence-corrected chi connectivity index (χ3v) is 10.9. The number of primary amides is 1. The normalized spacial score (nSPS) is 17.5. The summed E-state index contributed by atoms with van der Waals surface area (Å²) >= 11 is 3.40. The highest BCUT2D eigenvalue weighted by molar-refractivity contribution is 7.99. The number of nitrogens with zero attached hydrogens (tertiary/aromatic N) is 3. The van der Waals surface area contributed by atoms with Gasteiger partial charge in [0.15, 0.2) is 0 Å². The Balaban J connectivity index is 1.51. The second-order valence-corrected chi connectivity index (χ2v) is 14.5. The van der Waals surface area contributed by atoms with Gasteiger partial charge in [-0.25, -0.2) is 0 Å². The lowest BCUT2D eigenvalue weighted by Gasteiger charge is -2.32. The molecule has 1 heterocycles. The number of nitrogens with two attached hydrogens (primary N) is 1. The standard InChI is InChI=1S/C27H34N4O8P2S2/c1-20(17-43-25-11-7-23(8-12-25)39-41(33,36-18-28)37-19-29)26-13-4-21(31(26)16-27(30)32)14-15-42-24-9-5-22(6-10-24)38-40(34-2)35-3/h5-12,20-21,26H,4,13-17H2,1-3H3,(H2,30,32)/t20-,21?,26?/m0/s1. The minimum absolute atomic E-state index is 0.131. The number of hydrogen-bond donors (Lipinski definition) is 1. The largest absolute Gasteiger partial charge is 0.667 e. The van der Waals surface area contributed by atoms with Crippen LogP contribution < -0.4 is 14.8 Å². The van der Waals surface area contributed by atoms with Crippen LogP contribution in [0.15, 0.2) is 58.3 Å². The zero-order valence-electron chi connectivity index (χ0n) is 24.0. The highest BCUT2D eigenvalue weighted by Gasteiger charge is 2.37. The third kappa shape index (κ3) is 11.1. The molecule has 1 saturated heterocycles. The van der Waals surface area contributed by atoms with Crippen molar-refractivity contribution in [2.24, 2.45) is 11.7 Å². The lowest BCUT2D eigenvalue weighted by atomic mass is 10.0. The van der Waals surface area contributed by atoms with Crippen molar-refractivity contribution in [1.29, 1.82) is 10.5 Å². The van der Waals surface area contributed by atoms with Gasteiger partial charge in [0, 0.05) is 41.8 Å². The van der Waals surface area contributed by atoms with Crippen molar-refractivity contribution in [2.45, 2.75) is 48.1 Å². The minimum Gasteiger partial charge on any atom is -0.427 e. The summed E-state index contributed by atoms with van der Waals surface area (Å²) in [5.74, 6) is 2.47. The summed E-state index contributed by atoms with van der Waals surface area (Å²) in [5, 5.41) is 17.2. The monoisotopic (exact) mass is 668 g/mol. The number of likely N-dealkylation sites (tertiary alicyclic amines) is 1. The van der Waals surface area contributed by atoms with E-state index in [1.54, 1.807) is 47.8 Å². The molecule has 0 saturated carbocycles. The molecule has 232 valence electrons. The third-order valence-electron chi connectivity index (χ3n) is 6.57. The molecule has 0 bridgehead atoms. The average molecular weight is 669 g/mol. The van der Waals surface area contributed by atoms with Crippen LogP contribution >= 0.6 is 39.9 Å². The maximum Gasteiger partial charge on any atom is 0.667 e. The Morgan fingerprint density at radius 3 is 2.16 bits per heavy atom. The first-order chi connectivity index (χ1) is 20.7. The minimum atomic E-state index is -4.35. The van der Waals surface area contributed by atoms with Gasteiger partial charge in [-0.15, -0.1) is 34.0 Å². The fourth-order valence-electron chi connectivity index (χ4n) is 4.68. The van der Waals surface area contributed by atoms with E-state index >= 15 is 0 Å². The Morgan fingerprint density at radius 1 is 1.02 bits per heavy atom. The maximum absolute atomic E-state index is 12.2. The van der Waals surface area contributed by atoms with E-state index in [9.17, 15) is 9.36 Å². The van der Waals surface area contributed by atoms with Crippen molar-refractivity contribution >= 4 is 45.9 Å². The van der Waals surface area contributed by atoms with E-state index in [2.05, 4.69) is 20.9 Å². The lowest BCUT2D eigenvalue weighted by molar-refractivity contribution is -0.120. The predicted molar refractivity (Wildman–Crippen MR) is 164 cm³/mol. The first-order valence-electron chi connectivity index (χ1n) is 13.2. The number of amides is 1. The maximum atomic E-state index is 12.2. The van der Waals surface area contributed by atoms with Crippen LogP contribution in [0.25, 0.3) is 0 Å². The van der Waals surface area contributed by atoms with Crippen molar-refractivity contribution in [3.05, 3.63) is 48.5 Å². The summed E-state index contributed by atoms with van der Waals surface area (Å²) in [6.07, 6.45) is 5.35. The summed E-state index contributed by atoms with van der Waals surface area (Å²) in [7, 11) is -2.67. The van der Waals surface area contributed by atoms with Crippen molar-refractivity contribution in [3.63, 3.8) is 0 Å². The first-order valence-corrected chi connectivity index (χ1v) is 17.7. The van der Waals surface area contributed by atoms with Gasteiger partial charge in [0.05, 0.1) is 6.54 Å². The number of benzene rings is 2. The SMILES string of the molecule is COP(OC)Oc1ccc(SCCC2CCC([C@@H](C)CSc3ccc(OP(=O)(OC#N)OC#N)cc3)N2CC(N)=O)cc1. The summed E-state index contributed by atoms with van der Waals surface area (Å²) in [4.78, 5) is 16.3. The van der Waals surface area contributed by atoms with Crippen LogP contribution in [-0.4, -0.2) is 55.2 Å². The molecule has 0 radical (unpaired) electrons. The molecule has 1 fully saturated rings. The smallest absolute Gasteiger partial charge is 0.427 e. The highest BCUT2D eigenvalue weighted by Crippen LogP contribution is 2.49. The van der Waals surface area contributed by atoms with Crippen molar-refractivity contribution in [3.8, 4) is 24.0 Å². The van der Waals surface area contributed by atoms with Gasteiger partial charge in [-0.05, 0) is 79.5 Å². The Hall–Kier alpha value is -2.67. The number of rotatable bonds is 18. The van der Waals surface area contributed by atoms with Gasteiger partial charge in [-0.1, -0.05) is 6.92 Å². The van der Waals surface area contributed by atoms with Crippen LogP contribution in [-0.2, 0) is 27.5 Å². The molecule has 3 atom stereocenters. The van der Waals surface area contributed by atoms with Gasteiger partial charge in [0.2, 0.25) is 5.91 Å². The van der Waals surface area contributed by atoms with Gasteiger partial charge in [-0.2, -0.15) is 4.57 Å². The Labute approximate surface area is 261 Å². The van der Waals surface area contributed by atoms with Gasteiger partial charge in [0.25, 0.3) is 12.5 Å². The number of nitriles is 2. The molecule has 1 amide bonds. The van der Waals surface area contributed by atoms with E-state index in [4.69, 9.17) is 34.4 Å². The molecule has 43 heavy (non-hydrogen) atoms. The van der Waals surface area contributed by atoms with Crippen molar-refractivity contribution < 1.29 is 36.5 Å². The number of thioether (sulfide) groups is 2. The molecule has 12 nitrogen and oxygen atoms in total. The zero-order chi connectivity index (χ0) is 31.2. The van der Waals surface area contributed by atoms with Gasteiger partial charge < -0.3 is 32.9 Å². The molecular weight excluding hydrogens is 634 g/mol. The van der Waals surface area contributed by atoms with Gasteiger partial charge in [0.1, 0.15) is 11.5 Å². The van der Waals surface area contributed by atoms with E-state index in [0.29, 0.717) is 5.75 Å². The molecule has 3 rings (SSSR count). The molecule has 0 spiro atoms. The second kappa shape index (κ2) is 17.6. The Kier molecular flexibility index (Phi) is 14.2. The number of phosphoric ester groups is 1. The van der Waals surface area contributed by atoms with E-state index in [1.807, 2.05) is 24.3 Å². The molecule has 2 N–H and O–H groups in total. The summed E-state index contributed by atoms with van der Waals surface area (Å²) in [5.41, 5.74) is 5.64. The molecule has 1 aliphatic rings. The zero-order valence-corrected chi connectivity index (χ0v) is 27.4. The van der Waals surface area contributed by atoms with Gasteiger partial charge >= 0.3 is 16.4 Å². The van der Waals surface area contributed by atoms with Crippen LogP contribution in [0.4, 0.5) is 0 Å². The van der Waals surface area contributed by atoms with Gasteiger partial charge in [-0.3, -0.25) is 9.69 Å². The lowest BCUT2D eigenvalue weighted by Crippen LogP contribution is -2.45. The van der Waals surface area contributed by atoms with Crippen LogP contribution in [0.2, 0.25) is 0 Å². The summed E-state index contributed by atoms with van der Waals surface area (Å²) < 4.78 is 41.8. The van der Waals surface area contributed by atoms with Crippen molar-refractivity contribution in [2.75, 3.05) is 32.3 Å². The number of carbonyl (C=O) groups excluding carboxylic acids is 1. The predicted octanol–water partition coefficient (Wildman–Crippen LogP) is 6.30. The highest BCUT2D eigenvalue weighted by atomic mass is 32.2. The molecule has 2 aromatic rings. The fraction of sp³-hybridized carbons (Fsp3) is 0.444. The summed E-state index contributed by atoms with van der Waals surface area (Å²) in [6, 6.07) is 15.0. The molecule has 16 heteroatoms. The van der Waals surface area contributed by atoms with Crippen molar-refractivity contribution in [1.82, 2.24) is 4.90 Å². The number of hydrogen-bond acceptors (Lipinski definition) is 13. The molecule has 0 aromatic heterocycles. The quantitative estimate of drug-likeness (QED) is 0.107. The Morgan fingerprint density at radius 2 is 1.60 bits per heavy atom. The van der Waals surface area contributed by atoms with E-state index in [-0.39, 0.29) is 36.2 Å². The van der Waals surface area contributed by atoms with Crippen LogP contribution in [0.3, 0.4) is 0 Å². The van der Waals surface area contributed by atoms with E-state index < -0.39 is 16.4 Å². The molecule has 0 aliphatic carbocycles. The topological polar surface area (TPSA) is 166 Å². The molecule has 2 aromatic carbocycles. The summed E-state index contributed by atoms with van der Waals surface area (Å²) in [6.45, 7) is 2.41. The number of phosphoric acid groups is 1. The van der Waals surface area contributed by atoms with E-state index in [0.717, 1.165) is 40.6 Å². The van der Waals surface area contributed by atoms with Crippen LogP contribution in [0.1, 0.15) is 26.2 Å². The molecule has 1 aliphatic heterocycles. The molecular formula is C27H34N4O8P2S2.